The van der Waals surface area contributed by atoms with E-state index in [0.717, 1.165) is 36.0 Å². The average molecular weight is 349 g/mol. The summed E-state index contributed by atoms with van der Waals surface area (Å²) < 4.78 is 8.41. The molecule has 1 aliphatic rings. The van der Waals surface area contributed by atoms with Crippen LogP contribution in [-0.4, -0.2) is 28.4 Å². The number of hydrogen-bond donors (Lipinski definition) is 1. The maximum absolute atomic E-state index is 11.0. The van der Waals surface area contributed by atoms with Crippen molar-refractivity contribution in [3.8, 4) is 0 Å². The van der Waals surface area contributed by atoms with Crippen LogP contribution in [0.4, 0.5) is 0 Å². The van der Waals surface area contributed by atoms with Crippen molar-refractivity contribution in [1.29, 1.82) is 0 Å². The minimum Gasteiger partial charge on any atom is -0.477 e. The van der Waals surface area contributed by atoms with Gasteiger partial charge in [-0.1, -0.05) is 0 Å². The first-order chi connectivity index (χ1) is 8.16. The number of ether oxygens (including phenoxy) is 1. The Hall–Kier alpha value is -0.560. The minimum absolute atomic E-state index is 0.297. The van der Waals surface area contributed by atoms with Crippen LogP contribution in [0.2, 0.25) is 0 Å². The van der Waals surface area contributed by atoms with Crippen molar-refractivity contribution >= 4 is 28.6 Å². The highest BCUT2D eigenvalue weighted by atomic mass is 127. The molecular weight excluding hydrogens is 333 g/mol. The summed E-state index contributed by atoms with van der Waals surface area (Å²) in [4.78, 5) is 11.0. The van der Waals surface area contributed by atoms with Crippen LogP contribution in [0, 0.1) is 3.57 Å². The highest BCUT2D eigenvalue weighted by Gasteiger charge is 2.16. The molecule has 0 bridgehead atoms. The van der Waals surface area contributed by atoms with Crippen LogP contribution in [0.25, 0.3) is 0 Å². The molecule has 94 valence electrons. The minimum atomic E-state index is -0.863. The molecule has 0 radical (unpaired) electrons. The molecular formula is C12H16INO3. The van der Waals surface area contributed by atoms with Gasteiger partial charge in [-0.05, 0) is 54.3 Å². The summed E-state index contributed by atoms with van der Waals surface area (Å²) >= 11 is 2.14. The van der Waals surface area contributed by atoms with E-state index in [1.165, 1.54) is 6.42 Å². The van der Waals surface area contributed by atoms with Gasteiger partial charge in [0.25, 0.3) is 0 Å². The number of carboxylic acid groups (broad SMARTS) is 1. The molecule has 1 unspecified atom stereocenters. The molecule has 2 heterocycles. The molecule has 1 saturated heterocycles. The van der Waals surface area contributed by atoms with E-state index >= 15 is 0 Å². The lowest BCUT2D eigenvalue weighted by Gasteiger charge is -2.22. The highest BCUT2D eigenvalue weighted by molar-refractivity contribution is 14.1. The van der Waals surface area contributed by atoms with E-state index < -0.39 is 5.97 Å². The third kappa shape index (κ3) is 3.45. The van der Waals surface area contributed by atoms with Gasteiger partial charge in [0, 0.05) is 22.9 Å². The van der Waals surface area contributed by atoms with Gasteiger partial charge in [0.05, 0.1) is 6.10 Å². The van der Waals surface area contributed by atoms with Crippen molar-refractivity contribution in [1.82, 2.24) is 4.57 Å². The SMILES string of the molecule is O=C(O)c1cc(I)cn1CCC1CCCCO1. The number of aryl methyl sites for hydroxylation is 1. The van der Waals surface area contributed by atoms with E-state index in [1.807, 2.05) is 10.8 Å². The van der Waals surface area contributed by atoms with Crippen molar-refractivity contribution in [3.05, 3.63) is 21.5 Å². The molecule has 1 aromatic rings. The fourth-order valence-electron chi connectivity index (χ4n) is 2.16. The molecule has 2 rings (SSSR count). The van der Waals surface area contributed by atoms with E-state index in [4.69, 9.17) is 9.84 Å². The quantitative estimate of drug-likeness (QED) is 0.851. The zero-order valence-corrected chi connectivity index (χ0v) is 11.7. The third-order valence-corrected chi connectivity index (χ3v) is 3.64. The Balaban J connectivity index is 1.95. The van der Waals surface area contributed by atoms with Gasteiger partial charge >= 0.3 is 5.97 Å². The fraction of sp³-hybridized carbons (Fsp3) is 0.583. The normalized spacial score (nSPS) is 20.4. The summed E-state index contributed by atoms with van der Waals surface area (Å²) in [6, 6.07) is 1.70. The van der Waals surface area contributed by atoms with E-state index in [1.54, 1.807) is 6.07 Å². The van der Waals surface area contributed by atoms with E-state index in [9.17, 15) is 4.79 Å². The first-order valence-corrected chi connectivity index (χ1v) is 6.95. The van der Waals surface area contributed by atoms with Gasteiger partial charge in [0.15, 0.2) is 0 Å². The van der Waals surface area contributed by atoms with Crippen LogP contribution in [0.1, 0.15) is 36.2 Å². The number of halogens is 1. The zero-order valence-electron chi connectivity index (χ0n) is 9.56. The molecule has 0 spiro atoms. The number of aromatic carboxylic acids is 1. The zero-order chi connectivity index (χ0) is 12.3. The van der Waals surface area contributed by atoms with Gasteiger partial charge in [0.1, 0.15) is 5.69 Å². The fourth-order valence-corrected chi connectivity index (χ4v) is 2.79. The van der Waals surface area contributed by atoms with E-state index in [0.29, 0.717) is 11.8 Å². The summed E-state index contributed by atoms with van der Waals surface area (Å²) in [6.07, 6.45) is 6.54. The number of hydrogen-bond acceptors (Lipinski definition) is 2. The Morgan fingerprint density at radius 3 is 3.06 bits per heavy atom. The van der Waals surface area contributed by atoms with Crippen molar-refractivity contribution in [2.75, 3.05) is 6.61 Å². The number of carboxylic acids is 1. The number of rotatable bonds is 4. The van der Waals surface area contributed by atoms with Crippen LogP contribution in [0.5, 0.6) is 0 Å². The van der Waals surface area contributed by atoms with Gasteiger partial charge in [0.2, 0.25) is 0 Å². The van der Waals surface area contributed by atoms with Gasteiger partial charge in [-0.2, -0.15) is 0 Å². The number of nitrogens with zero attached hydrogens (tertiary/aromatic N) is 1. The summed E-state index contributed by atoms with van der Waals surface area (Å²) in [6.45, 7) is 1.56. The highest BCUT2D eigenvalue weighted by Crippen LogP contribution is 2.18. The molecule has 1 aliphatic heterocycles. The molecule has 1 N–H and O–H groups in total. The van der Waals surface area contributed by atoms with Crippen LogP contribution in [0.15, 0.2) is 12.3 Å². The molecule has 17 heavy (non-hydrogen) atoms. The molecule has 1 atom stereocenters. The van der Waals surface area contributed by atoms with Crippen molar-refractivity contribution in [3.63, 3.8) is 0 Å². The van der Waals surface area contributed by atoms with Gasteiger partial charge in [-0.25, -0.2) is 4.79 Å². The summed E-state index contributed by atoms with van der Waals surface area (Å²) in [5, 5.41) is 9.06. The Bertz CT molecular complexity index is 396. The van der Waals surface area contributed by atoms with Crippen molar-refractivity contribution < 1.29 is 14.6 Å². The maximum Gasteiger partial charge on any atom is 0.352 e. The second-order valence-corrected chi connectivity index (χ2v) is 5.56. The first-order valence-electron chi connectivity index (χ1n) is 5.87. The predicted octanol–water partition coefficient (Wildman–Crippen LogP) is 2.75. The lowest BCUT2D eigenvalue weighted by molar-refractivity contribution is 0.00860. The van der Waals surface area contributed by atoms with Crippen molar-refractivity contribution in [2.45, 2.75) is 38.3 Å². The third-order valence-electron chi connectivity index (χ3n) is 3.05. The molecule has 1 aromatic heterocycles. The van der Waals surface area contributed by atoms with Crippen LogP contribution in [0.3, 0.4) is 0 Å². The Kier molecular flexibility index (Phi) is 4.44. The molecule has 5 heteroatoms. The summed E-state index contributed by atoms with van der Waals surface area (Å²) in [5.41, 5.74) is 0.366. The first kappa shape index (κ1) is 12.9. The average Bonchev–Trinajstić information content (AvgIpc) is 2.69. The van der Waals surface area contributed by atoms with Crippen LogP contribution in [-0.2, 0) is 11.3 Å². The van der Waals surface area contributed by atoms with Gasteiger partial charge < -0.3 is 14.4 Å². The second kappa shape index (κ2) is 5.86. The summed E-state index contributed by atoms with van der Waals surface area (Å²) in [7, 11) is 0. The molecule has 0 amide bonds. The van der Waals surface area contributed by atoms with Crippen molar-refractivity contribution in [2.24, 2.45) is 0 Å². The standard InChI is InChI=1S/C12H16INO3/c13-9-7-11(12(15)16)14(8-9)5-4-10-3-1-2-6-17-10/h7-8,10H,1-6H2,(H,15,16). The topological polar surface area (TPSA) is 51.5 Å². The van der Waals surface area contributed by atoms with Crippen LogP contribution >= 0.6 is 22.6 Å². The predicted molar refractivity (Wildman–Crippen MR) is 72.3 cm³/mol. The van der Waals surface area contributed by atoms with Gasteiger partial charge in [-0.3, -0.25) is 0 Å². The van der Waals surface area contributed by atoms with Gasteiger partial charge in [-0.15, -0.1) is 0 Å². The Morgan fingerprint density at radius 2 is 2.41 bits per heavy atom. The molecule has 0 aliphatic carbocycles. The number of carbonyl (C=O) groups is 1. The number of aromatic nitrogens is 1. The Labute approximate surface area is 114 Å². The maximum atomic E-state index is 11.0. The lowest BCUT2D eigenvalue weighted by atomic mass is 10.1. The molecule has 0 saturated carbocycles. The largest absolute Gasteiger partial charge is 0.477 e. The second-order valence-electron chi connectivity index (χ2n) is 4.32. The Morgan fingerprint density at radius 1 is 1.59 bits per heavy atom. The van der Waals surface area contributed by atoms with E-state index in [-0.39, 0.29) is 0 Å². The monoisotopic (exact) mass is 349 g/mol. The molecule has 4 nitrogen and oxygen atoms in total. The molecule has 1 fully saturated rings. The summed E-state index contributed by atoms with van der Waals surface area (Å²) in [5.74, 6) is -0.863. The van der Waals surface area contributed by atoms with Crippen LogP contribution < -0.4 is 0 Å². The van der Waals surface area contributed by atoms with E-state index in [2.05, 4.69) is 22.6 Å². The molecule has 0 aromatic carbocycles. The smallest absolute Gasteiger partial charge is 0.352 e. The lowest BCUT2D eigenvalue weighted by Crippen LogP contribution is -2.21.